The van der Waals surface area contributed by atoms with Gasteiger partial charge in [0.05, 0.1) is 11.7 Å². The first-order chi connectivity index (χ1) is 10.0. The SMILES string of the molecule is CCCn1cc(N)cc1C(=O)NC(C)c1cccc(Cl)c1. The third kappa shape index (κ3) is 3.79. The lowest BCUT2D eigenvalue weighted by atomic mass is 10.1. The molecule has 1 aromatic carbocycles. The zero-order chi connectivity index (χ0) is 15.4. The molecule has 0 spiro atoms. The Morgan fingerprint density at radius 3 is 2.86 bits per heavy atom. The van der Waals surface area contributed by atoms with Crippen molar-refractivity contribution in [1.29, 1.82) is 0 Å². The van der Waals surface area contributed by atoms with E-state index in [1.54, 1.807) is 12.3 Å². The summed E-state index contributed by atoms with van der Waals surface area (Å²) in [7, 11) is 0. The number of nitrogens with zero attached hydrogens (tertiary/aromatic N) is 1. The van der Waals surface area contributed by atoms with Crippen LogP contribution >= 0.6 is 11.6 Å². The molecule has 0 bridgehead atoms. The Bertz CT molecular complexity index is 636. The average molecular weight is 306 g/mol. The van der Waals surface area contributed by atoms with Crippen LogP contribution in [0.3, 0.4) is 0 Å². The normalized spacial score (nSPS) is 12.1. The molecule has 1 unspecified atom stereocenters. The fourth-order valence-corrected chi connectivity index (χ4v) is 2.48. The lowest BCUT2D eigenvalue weighted by Gasteiger charge is -2.15. The highest BCUT2D eigenvalue weighted by molar-refractivity contribution is 6.30. The summed E-state index contributed by atoms with van der Waals surface area (Å²) in [4.78, 5) is 12.4. The summed E-state index contributed by atoms with van der Waals surface area (Å²) >= 11 is 5.98. The van der Waals surface area contributed by atoms with Gasteiger partial charge in [0.2, 0.25) is 0 Å². The molecule has 3 N–H and O–H groups in total. The van der Waals surface area contributed by atoms with Gasteiger partial charge in [-0.15, -0.1) is 0 Å². The lowest BCUT2D eigenvalue weighted by molar-refractivity contribution is 0.0930. The number of nitrogens with one attached hydrogen (secondary N) is 1. The molecular formula is C16H20ClN3O. The van der Waals surface area contributed by atoms with E-state index in [2.05, 4.69) is 12.2 Å². The molecule has 2 aromatic rings. The van der Waals surface area contributed by atoms with Crippen LogP contribution < -0.4 is 11.1 Å². The molecule has 1 heterocycles. The quantitative estimate of drug-likeness (QED) is 0.886. The Hall–Kier alpha value is -1.94. The summed E-state index contributed by atoms with van der Waals surface area (Å²) in [5, 5.41) is 3.64. The Balaban J connectivity index is 2.14. The maximum Gasteiger partial charge on any atom is 0.268 e. The number of hydrogen-bond donors (Lipinski definition) is 2. The van der Waals surface area contributed by atoms with Gasteiger partial charge in [-0.3, -0.25) is 4.79 Å². The highest BCUT2D eigenvalue weighted by Gasteiger charge is 2.16. The number of anilines is 1. The summed E-state index contributed by atoms with van der Waals surface area (Å²) < 4.78 is 1.88. The van der Waals surface area contributed by atoms with Crippen LogP contribution in [0.2, 0.25) is 5.02 Å². The van der Waals surface area contributed by atoms with E-state index in [0.717, 1.165) is 18.5 Å². The van der Waals surface area contributed by atoms with Crippen LogP contribution in [0.25, 0.3) is 0 Å². The van der Waals surface area contributed by atoms with Gasteiger partial charge in [0, 0.05) is 17.8 Å². The number of aromatic nitrogens is 1. The van der Waals surface area contributed by atoms with Gasteiger partial charge in [-0.1, -0.05) is 30.7 Å². The number of amides is 1. The minimum absolute atomic E-state index is 0.123. The van der Waals surface area contributed by atoms with Crippen molar-refractivity contribution < 1.29 is 4.79 Å². The Morgan fingerprint density at radius 2 is 2.19 bits per heavy atom. The van der Waals surface area contributed by atoms with Crippen LogP contribution in [0.5, 0.6) is 0 Å². The van der Waals surface area contributed by atoms with Gasteiger partial charge in [0.1, 0.15) is 5.69 Å². The van der Waals surface area contributed by atoms with Crippen LogP contribution in [-0.4, -0.2) is 10.5 Å². The number of rotatable bonds is 5. The molecule has 0 aliphatic carbocycles. The van der Waals surface area contributed by atoms with Crippen LogP contribution in [-0.2, 0) is 6.54 Å². The topological polar surface area (TPSA) is 60.0 Å². The predicted octanol–water partition coefficient (Wildman–Crippen LogP) is 3.62. The van der Waals surface area contributed by atoms with Crippen molar-refractivity contribution in [2.45, 2.75) is 32.9 Å². The number of benzene rings is 1. The van der Waals surface area contributed by atoms with Gasteiger partial charge in [0.15, 0.2) is 0 Å². The molecule has 0 saturated carbocycles. The number of aryl methyl sites for hydroxylation is 1. The van der Waals surface area contributed by atoms with Crippen LogP contribution in [0, 0.1) is 0 Å². The van der Waals surface area contributed by atoms with Crippen LogP contribution in [0.15, 0.2) is 36.5 Å². The fourth-order valence-electron chi connectivity index (χ4n) is 2.28. The molecule has 0 radical (unpaired) electrons. The molecule has 5 heteroatoms. The van der Waals surface area contributed by atoms with E-state index in [0.29, 0.717) is 16.4 Å². The van der Waals surface area contributed by atoms with E-state index >= 15 is 0 Å². The largest absolute Gasteiger partial charge is 0.397 e. The van der Waals surface area contributed by atoms with E-state index in [1.807, 2.05) is 35.8 Å². The van der Waals surface area contributed by atoms with Crippen LogP contribution in [0.4, 0.5) is 5.69 Å². The minimum Gasteiger partial charge on any atom is -0.397 e. The number of nitrogen functional groups attached to an aromatic ring is 1. The molecule has 1 amide bonds. The minimum atomic E-state index is -0.132. The highest BCUT2D eigenvalue weighted by atomic mass is 35.5. The molecule has 0 fully saturated rings. The van der Waals surface area contributed by atoms with E-state index in [4.69, 9.17) is 17.3 Å². The number of carbonyl (C=O) groups excluding carboxylic acids is 1. The summed E-state index contributed by atoms with van der Waals surface area (Å²) in [6.45, 7) is 4.76. The van der Waals surface area contributed by atoms with Gasteiger partial charge in [0.25, 0.3) is 5.91 Å². The number of nitrogens with two attached hydrogens (primary N) is 1. The molecule has 2 rings (SSSR count). The molecule has 0 aliphatic heterocycles. The zero-order valence-corrected chi connectivity index (χ0v) is 13.0. The van der Waals surface area contributed by atoms with Gasteiger partial charge in [-0.05, 0) is 37.1 Å². The van der Waals surface area contributed by atoms with Gasteiger partial charge >= 0.3 is 0 Å². The van der Waals surface area contributed by atoms with Crippen molar-refractivity contribution in [2.24, 2.45) is 0 Å². The van der Waals surface area contributed by atoms with Crippen molar-refractivity contribution in [1.82, 2.24) is 9.88 Å². The number of carbonyl (C=O) groups is 1. The Kier molecular flexibility index (Phi) is 4.91. The first-order valence-corrected chi connectivity index (χ1v) is 7.41. The second kappa shape index (κ2) is 6.68. The van der Waals surface area contributed by atoms with Crippen molar-refractivity contribution >= 4 is 23.2 Å². The molecule has 1 atom stereocenters. The summed E-state index contributed by atoms with van der Waals surface area (Å²) in [6, 6.07) is 9.06. The van der Waals surface area contributed by atoms with Crippen LogP contribution in [0.1, 0.15) is 42.4 Å². The summed E-state index contributed by atoms with van der Waals surface area (Å²) in [5.41, 5.74) is 7.95. The second-order valence-corrected chi connectivity index (χ2v) is 5.54. The van der Waals surface area contributed by atoms with Gasteiger partial charge in [-0.25, -0.2) is 0 Å². The maximum atomic E-state index is 12.4. The fraction of sp³-hybridized carbons (Fsp3) is 0.312. The zero-order valence-electron chi connectivity index (χ0n) is 12.3. The van der Waals surface area contributed by atoms with E-state index in [-0.39, 0.29) is 11.9 Å². The smallest absolute Gasteiger partial charge is 0.268 e. The average Bonchev–Trinajstić information content (AvgIpc) is 2.80. The molecule has 0 aliphatic rings. The van der Waals surface area contributed by atoms with E-state index in [9.17, 15) is 4.79 Å². The van der Waals surface area contributed by atoms with Crippen molar-refractivity contribution in [2.75, 3.05) is 5.73 Å². The Labute approximate surface area is 129 Å². The second-order valence-electron chi connectivity index (χ2n) is 5.10. The first-order valence-electron chi connectivity index (χ1n) is 7.03. The van der Waals surface area contributed by atoms with Crippen molar-refractivity contribution in [3.05, 3.63) is 52.8 Å². The van der Waals surface area contributed by atoms with Gasteiger partial charge < -0.3 is 15.6 Å². The third-order valence-electron chi connectivity index (χ3n) is 3.31. The number of halogens is 1. The summed E-state index contributed by atoms with van der Waals surface area (Å²) in [6.07, 6.45) is 2.74. The third-order valence-corrected chi connectivity index (χ3v) is 3.55. The molecular weight excluding hydrogens is 286 g/mol. The lowest BCUT2D eigenvalue weighted by Crippen LogP contribution is -2.28. The molecule has 4 nitrogen and oxygen atoms in total. The first kappa shape index (κ1) is 15.4. The monoisotopic (exact) mass is 305 g/mol. The molecule has 112 valence electrons. The summed E-state index contributed by atoms with van der Waals surface area (Å²) in [5.74, 6) is -0.132. The molecule has 0 saturated heterocycles. The van der Waals surface area contributed by atoms with E-state index < -0.39 is 0 Å². The Morgan fingerprint density at radius 1 is 1.43 bits per heavy atom. The molecule has 1 aromatic heterocycles. The standard InChI is InChI=1S/C16H20ClN3O/c1-3-7-20-10-14(18)9-15(20)16(21)19-11(2)12-5-4-6-13(17)8-12/h4-6,8-11H,3,7,18H2,1-2H3,(H,19,21). The van der Waals surface area contributed by atoms with E-state index in [1.165, 1.54) is 0 Å². The predicted molar refractivity (Wildman–Crippen MR) is 86.5 cm³/mol. The maximum absolute atomic E-state index is 12.4. The van der Waals surface area contributed by atoms with Crippen molar-refractivity contribution in [3.8, 4) is 0 Å². The highest BCUT2D eigenvalue weighted by Crippen LogP contribution is 2.18. The van der Waals surface area contributed by atoms with Crippen molar-refractivity contribution in [3.63, 3.8) is 0 Å². The molecule has 21 heavy (non-hydrogen) atoms. The van der Waals surface area contributed by atoms with Gasteiger partial charge in [-0.2, -0.15) is 0 Å². The number of hydrogen-bond acceptors (Lipinski definition) is 2.